The number of likely N-dealkylation sites (tertiary alicyclic amines) is 1. The summed E-state index contributed by atoms with van der Waals surface area (Å²) in [6.07, 6.45) is 1.28. The SMILES string of the molecule is CC(C)C(O)CC(=O)Nc1ccc(Cl)cc1C(=O)N1CCCC1. The van der Waals surface area contributed by atoms with Crippen LogP contribution in [0.4, 0.5) is 5.69 Å². The lowest BCUT2D eigenvalue weighted by molar-refractivity contribution is -0.118. The third-order valence-corrected chi connectivity index (χ3v) is 4.28. The summed E-state index contributed by atoms with van der Waals surface area (Å²) in [5.74, 6) is -0.439. The van der Waals surface area contributed by atoms with Crippen LogP contribution >= 0.6 is 11.6 Å². The molecular weight excluding hydrogens is 316 g/mol. The van der Waals surface area contributed by atoms with Crippen LogP contribution in [-0.4, -0.2) is 41.0 Å². The van der Waals surface area contributed by atoms with Crippen LogP contribution in [0.15, 0.2) is 18.2 Å². The fourth-order valence-electron chi connectivity index (χ4n) is 2.52. The highest BCUT2D eigenvalue weighted by Gasteiger charge is 2.23. The van der Waals surface area contributed by atoms with Crippen molar-refractivity contribution in [1.29, 1.82) is 0 Å². The fraction of sp³-hybridized carbons (Fsp3) is 0.529. The van der Waals surface area contributed by atoms with Gasteiger partial charge < -0.3 is 15.3 Å². The van der Waals surface area contributed by atoms with E-state index < -0.39 is 6.10 Å². The first-order valence-electron chi connectivity index (χ1n) is 7.95. The molecule has 126 valence electrons. The zero-order valence-corrected chi connectivity index (χ0v) is 14.3. The molecule has 6 heteroatoms. The Bertz CT molecular complexity index is 583. The van der Waals surface area contributed by atoms with Gasteiger partial charge in [-0.05, 0) is 37.0 Å². The molecule has 1 heterocycles. The van der Waals surface area contributed by atoms with Gasteiger partial charge in [0.25, 0.3) is 5.91 Å². The molecule has 0 bridgehead atoms. The van der Waals surface area contributed by atoms with Crippen molar-refractivity contribution in [3.05, 3.63) is 28.8 Å². The number of carbonyl (C=O) groups is 2. The number of aliphatic hydroxyl groups excluding tert-OH is 1. The van der Waals surface area contributed by atoms with E-state index in [0.717, 1.165) is 25.9 Å². The molecule has 1 aromatic carbocycles. The second kappa shape index (κ2) is 7.79. The first-order valence-corrected chi connectivity index (χ1v) is 8.33. The van der Waals surface area contributed by atoms with E-state index in [0.29, 0.717) is 16.3 Å². The molecule has 5 nitrogen and oxygen atoms in total. The summed E-state index contributed by atoms with van der Waals surface area (Å²) in [7, 11) is 0. The average Bonchev–Trinajstić information content (AvgIpc) is 3.02. The Hall–Kier alpha value is -1.59. The first-order chi connectivity index (χ1) is 10.9. The Labute approximate surface area is 141 Å². The van der Waals surface area contributed by atoms with Crippen molar-refractivity contribution in [2.75, 3.05) is 18.4 Å². The highest BCUT2D eigenvalue weighted by atomic mass is 35.5. The maximum absolute atomic E-state index is 12.6. The monoisotopic (exact) mass is 338 g/mol. The van der Waals surface area contributed by atoms with Crippen LogP contribution in [0.5, 0.6) is 0 Å². The van der Waals surface area contributed by atoms with Crippen LogP contribution in [0.1, 0.15) is 43.5 Å². The van der Waals surface area contributed by atoms with Gasteiger partial charge in [-0.2, -0.15) is 0 Å². The largest absolute Gasteiger partial charge is 0.392 e. The van der Waals surface area contributed by atoms with Gasteiger partial charge in [0.2, 0.25) is 5.91 Å². The molecule has 1 aliphatic rings. The number of nitrogens with zero attached hydrogens (tertiary/aromatic N) is 1. The van der Waals surface area contributed by atoms with E-state index in [9.17, 15) is 14.7 Å². The first kappa shape index (κ1) is 17.8. The third kappa shape index (κ3) is 4.69. The van der Waals surface area contributed by atoms with E-state index in [1.807, 2.05) is 13.8 Å². The number of hydrogen-bond acceptors (Lipinski definition) is 3. The van der Waals surface area contributed by atoms with Gasteiger partial charge >= 0.3 is 0 Å². The number of benzene rings is 1. The Morgan fingerprint density at radius 1 is 1.30 bits per heavy atom. The van der Waals surface area contributed by atoms with Crippen LogP contribution in [-0.2, 0) is 4.79 Å². The van der Waals surface area contributed by atoms with Gasteiger partial charge in [0.15, 0.2) is 0 Å². The van der Waals surface area contributed by atoms with Gasteiger partial charge in [0, 0.05) is 18.1 Å². The number of hydrogen-bond donors (Lipinski definition) is 2. The average molecular weight is 339 g/mol. The molecule has 1 fully saturated rings. The Morgan fingerprint density at radius 3 is 2.57 bits per heavy atom. The molecular formula is C17H23ClN2O3. The van der Waals surface area contributed by atoms with Gasteiger partial charge in [-0.25, -0.2) is 0 Å². The lowest BCUT2D eigenvalue weighted by Crippen LogP contribution is -2.29. The maximum Gasteiger partial charge on any atom is 0.256 e. The van der Waals surface area contributed by atoms with Crippen molar-refractivity contribution in [1.82, 2.24) is 4.90 Å². The van der Waals surface area contributed by atoms with Crippen LogP contribution in [0.3, 0.4) is 0 Å². The second-order valence-electron chi connectivity index (χ2n) is 6.25. The number of aliphatic hydroxyl groups is 1. The Balaban J connectivity index is 2.15. The summed E-state index contributed by atoms with van der Waals surface area (Å²) in [5.41, 5.74) is 0.832. The highest BCUT2D eigenvalue weighted by Crippen LogP contribution is 2.24. The Kier molecular flexibility index (Phi) is 6.02. The van der Waals surface area contributed by atoms with Gasteiger partial charge in [-0.3, -0.25) is 9.59 Å². The molecule has 1 aliphatic heterocycles. The summed E-state index contributed by atoms with van der Waals surface area (Å²) in [4.78, 5) is 26.4. The molecule has 1 aromatic rings. The van der Waals surface area contributed by atoms with Crippen molar-refractivity contribution in [3.8, 4) is 0 Å². The third-order valence-electron chi connectivity index (χ3n) is 4.04. The van der Waals surface area contributed by atoms with E-state index in [4.69, 9.17) is 11.6 Å². The van der Waals surface area contributed by atoms with Gasteiger partial charge in [-0.15, -0.1) is 0 Å². The minimum atomic E-state index is -0.708. The van der Waals surface area contributed by atoms with Gasteiger partial charge in [0.05, 0.1) is 23.8 Å². The lowest BCUT2D eigenvalue weighted by Gasteiger charge is -2.19. The molecule has 0 spiro atoms. The predicted molar refractivity (Wildman–Crippen MR) is 90.7 cm³/mol. The smallest absolute Gasteiger partial charge is 0.256 e. The number of nitrogens with one attached hydrogen (secondary N) is 1. The molecule has 1 saturated heterocycles. The zero-order chi connectivity index (χ0) is 17.0. The molecule has 23 heavy (non-hydrogen) atoms. The number of halogens is 1. The second-order valence-corrected chi connectivity index (χ2v) is 6.69. The molecule has 2 amide bonds. The Morgan fingerprint density at radius 2 is 1.96 bits per heavy atom. The zero-order valence-electron chi connectivity index (χ0n) is 13.5. The van der Waals surface area contributed by atoms with E-state index in [2.05, 4.69) is 5.32 Å². The predicted octanol–water partition coefficient (Wildman–Crippen LogP) is 2.92. The van der Waals surface area contributed by atoms with Crippen LogP contribution in [0, 0.1) is 5.92 Å². The minimum absolute atomic E-state index is 0.00234. The van der Waals surface area contributed by atoms with E-state index in [-0.39, 0.29) is 24.2 Å². The summed E-state index contributed by atoms with van der Waals surface area (Å²) in [5, 5.41) is 13.0. The summed E-state index contributed by atoms with van der Waals surface area (Å²) in [6.45, 7) is 5.15. The standard InChI is InChI=1S/C17H23ClN2O3/c1-11(2)15(21)10-16(22)19-14-6-5-12(18)9-13(14)17(23)20-7-3-4-8-20/h5-6,9,11,15,21H,3-4,7-8,10H2,1-2H3,(H,19,22). The summed E-state index contributed by atoms with van der Waals surface area (Å²) < 4.78 is 0. The van der Waals surface area contributed by atoms with E-state index in [1.165, 1.54) is 0 Å². The number of carbonyl (C=O) groups excluding carboxylic acids is 2. The molecule has 0 aromatic heterocycles. The topological polar surface area (TPSA) is 69.6 Å². The maximum atomic E-state index is 12.6. The quantitative estimate of drug-likeness (QED) is 0.867. The van der Waals surface area contributed by atoms with Crippen LogP contribution in [0.2, 0.25) is 5.02 Å². The fourth-order valence-corrected chi connectivity index (χ4v) is 2.69. The van der Waals surface area contributed by atoms with Crippen molar-refractivity contribution >= 4 is 29.1 Å². The minimum Gasteiger partial charge on any atom is -0.392 e. The molecule has 1 unspecified atom stereocenters. The molecule has 1 atom stereocenters. The number of anilines is 1. The molecule has 0 radical (unpaired) electrons. The van der Waals surface area contributed by atoms with Crippen molar-refractivity contribution in [3.63, 3.8) is 0 Å². The number of amides is 2. The molecule has 0 saturated carbocycles. The van der Waals surface area contributed by atoms with Crippen molar-refractivity contribution in [2.45, 2.75) is 39.2 Å². The molecule has 2 N–H and O–H groups in total. The van der Waals surface area contributed by atoms with Crippen LogP contribution < -0.4 is 5.32 Å². The highest BCUT2D eigenvalue weighted by molar-refractivity contribution is 6.31. The van der Waals surface area contributed by atoms with E-state index >= 15 is 0 Å². The van der Waals surface area contributed by atoms with E-state index in [1.54, 1.807) is 23.1 Å². The molecule has 2 rings (SSSR count). The normalized spacial score (nSPS) is 15.8. The summed E-state index contributed by atoms with van der Waals surface area (Å²) in [6, 6.07) is 4.85. The summed E-state index contributed by atoms with van der Waals surface area (Å²) >= 11 is 6.01. The number of rotatable bonds is 5. The van der Waals surface area contributed by atoms with Gasteiger partial charge in [-0.1, -0.05) is 25.4 Å². The van der Waals surface area contributed by atoms with Crippen molar-refractivity contribution < 1.29 is 14.7 Å². The lowest BCUT2D eigenvalue weighted by atomic mass is 10.0. The van der Waals surface area contributed by atoms with Crippen LogP contribution in [0.25, 0.3) is 0 Å². The van der Waals surface area contributed by atoms with Crippen molar-refractivity contribution in [2.24, 2.45) is 5.92 Å². The molecule has 0 aliphatic carbocycles. The van der Waals surface area contributed by atoms with Gasteiger partial charge in [0.1, 0.15) is 0 Å².